The monoisotopic (exact) mass is 356 g/mol. The van der Waals surface area contributed by atoms with Crippen LogP contribution in [0.15, 0.2) is 24.3 Å². The number of amides is 1. The normalized spacial score (nSPS) is 27.0. The molecular formula is C17H25ClN2O4. The molecule has 3 N–H and O–H groups in total. The average Bonchev–Trinajstić information content (AvgIpc) is 2.59. The summed E-state index contributed by atoms with van der Waals surface area (Å²) in [7, 11) is 0. The zero-order valence-corrected chi connectivity index (χ0v) is 14.4. The number of aliphatic hydroxyl groups excluding tert-OH is 1. The van der Waals surface area contributed by atoms with Gasteiger partial charge in [-0.1, -0.05) is 6.42 Å². The molecule has 3 rings (SSSR count). The number of morpholine rings is 1. The fourth-order valence-corrected chi connectivity index (χ4v) is 2.96. The predicted octanol–water partition coefficient (Wildman–Crippen LogP) is 1.72. The van der Waals surface area contributed by atoms with E-state index in [4.69, 9.17) is 9.47 Å². The third-order valence-electron chi connectivity index (χ3n) is 4.30. The van der Waals surface area contributed by atoms with Gasteiger partial charge in [0.05, 0.1) is 12.7 Å². The Kier molecular flexibility index (Phi) is 7.30. The molecule has 7 heteroatoms. The first-order chi connectivity index (χ1) is 11.2. The molecule has 6 nitrogen and oxygen atoms in total. The van der Waals surface area contributed by atoms with Crippen molar-refractivity contribution in [3.63, 3.8) is 0 Å². The molecule has 1 saturated carbocycles. The molecule has 2 fully saturated rings. The van der Waals surface area contributed by atoms with Crippen LogP contribution in [0.25, 0.3) is 0 Å². The van der Waals surface area contributed by atoms with Crippen LogP contribution in [-0.2, 0) is 9.53 Å². The highest BCUT2D eigenvalue weighted by Gasteiger charge is 2.25. The van der Waals surface area contributed by atoms with Crippen LogP contribution in [0.3, 0.4) is 0 Å². The second-order valence-corrected chi connectivity index (χ2v) is 6.09. The molecule has 134 valence electrons. The highest BCUT2D eigenvalue weighted by Crippen LogP contribution is 2.25. The first-order valence-electron chi connectivity index (χ1n) is 8.30. The van der Waals surface area contributed by atoms with Crippen LogP contribution in [0.2, 0.25) is 0 Å². The van der Waals surface area contributed by atoms with E-state index in [1.807, 2.05) is 12.1 Å². The van der Waals surface area contributed by atoms with Gasteiger partial charge in [0.25, 0.3) is 5.91 Å². The smallest absolute Gasteiger partial charge is 0.254 e. The van der Waals surface area contributed by atoms with Gasteiger partial charge in [-0.25, -0.2) is 0 Å². The summed E-state index contributed by atoms with van der Waals surface area (Å²) in [6.07, 6.45) is 2.86. The fraction of sp³-hybridized carbons (Fsp3) is 0.588. The van der Waals surface area contributed by atoms with Crippen LogP contribution in [0.1, 0.15) is 25.7 Å². The number of benzene rings is 1. The van der Waals surface area contributed by atoms with Gasteiger partial charge in [-0.05, 0) is 43.5 Å². The van der Waals surface area contributed by atoms with E-state index in [-0.39, 0.29) is 30.5 Å². The summed E-state index contributed by atoms with van der Waals surface area (Å²) >= 11 is 0. The molecule has 1 saturated heterocycles. The summed E-state index contributed by atoms with van der Waals surface area (Å²) in [5, 5.41) is 15.9. The number of halogens is 1. The lowest BCUT2D eigenvalue weighted by atomic mass is 9.95. The predicted molar refractivity (Wildman–Crippen MR) is 93.8 cm³/mol. The van der Waals surface area contributed by atoms with Crippen molar-refractivity contribution in [2.75, 3.05) is 25.0 Å². The van der Waals surface area contributed by atoms with Crippen LogP contribution in [-0.4, -0.2) is 49.0 Å². The van der Waals surface area contributed by atoms with Gasteiger partial charge >= 0.3 is 0 Å². The summed E-state index contributed by atoms with van der Waals surface area (Å²) in [6, 6.07) is 7.24. The van der Waals surface area contributed by atoms with Gasteiger partial charge in [0, 0.05) is 18.8 Å². The lowest BCUT2D eigenvalue weighted by molar-refractivity contribution is -0.128. The third-order valence-corrected chi connectivity index (χ3v) is 4.30. The molecule has 1 aromatic rings. The van der Waals surface area contributed by atoms with Gasteiger partial charge < -0.3 is 25.2 Å². The van der Waals surface area contributed by atoms with Gasteiger partial charge in [0.2, 0.25) is 0 Å². The number of nitrogens with one attached hydrogen (secondary N) is 2. The first kappa shape index (κ1) is 19.0. The zero-order chi connectivity index (χ0) is 16.1. The molecule has 2 aliphatic rings. The molecule has 1 aliphatic heterocycles. The van der Waals surface area contributed by atoms with E-state index in [0.717, 1.165) is 32.2 Å². The van der Waals surface area contributed by atoms with E-state index in [0.29, 0.717) is 24.6 Å². The van der Waals surface area contributed by atoms with Crippen LogP contribution in [0.4, 0.5) is 5.69 Å². The van der Waals surface area contributed by atoms with Crippen molar-refractivity contribution in [1.29, 1.82) is 0 Å². The number of carbonyl (C=O) groups is 1. The third kappa shape index (κ3) is 5.08. The van der Waals surface area contributed by atoms with Crippen molar-refractivity contribution in [2.24, 2.45) is 0 Å². The quantitative estimate of drug-likeness (QED) is 0.765. The Bertz CT molecular complexity index is 520. The second kappa shape index (κ2) is 9.22. The van der Waals surface area contributed by atoms with Crippen molar-refractivity contribution in [2.45, 2.75) is 44.0 Å². The summed E-state index contributed by atoms with van der Waals surface area (Å²) in [4.78, 5) is 12.1. The molecule has 0 aromatic heterocycles. The maximum Gasteiger partial charge on any atom is 0.254 e. The Morgan fingerprint density at radius 3 is 2.67 bits per heavy atom. The van der Waals surface area contributed by atoms with Crippen molar-refractivity contribution in [1.82, 2.24) is 5.32 Å². The van der Waals surface area contributed by atoms with E-state index >= 15 is 0 Å². The van der Waals surface area contributed by atoms with Gasteiger partial charge in [-0.15, -0.1) is 12.4 Å². The molecule has 3 atom stereocenters. The van der Waals surface area contributed by atoms with Crippen LogP contribution < -0.4 is 15.4 Å². The van der Waals surface area contributed by atoms with Crippen molar-refractivity contribution in [3.05, 3.63) is 24.3 Å². The Labute approximate surface area is 148 Å². The van der Waals surface area contributed by atoms with Gasteiger partial charge in [0.1, 0.15) is 18.0 Å². The summed E-state index contributed by atoms with van der Waals surface area (Å²) in [6.45, 7) is 1.87. The fourth-order valence-electron chi connectivity index (χ4n) is 2.96. The SMILES string of the molecule is Cl.O=C(Nc1ccc(OC2CCCCC2O)cc1)[C@@H]1CNCCO1. The Morgan fingerprint density at radius 1 is 1.25 bits per heavy atom. The van der Waals surface area contributed by atoms with E-state index in [1.165, 1.54) is 0 Å². The van der Waals surface area contributed by atoms with Gasteiger partial charge in [0.15, 0.2) is 0 Å². The molecule has 1 amide bonds. The highest BCUT2D eigenvalue weighted by molar-refractivity contribution is 5.94. The molecule has 24 heavy (non-hydrogen) atoms. The van der Waals surface area contributed by atoms with Crippen molar-refractivity contribution in [3.8, 4) is 5.75 Å². The molecular weight excluding hydrogens is 332 g/mol. The zero-order valence-electron chi connectivity index (χ0n) is 13.6. The number of hydrogen-bond donors (Lipinski definition) is 3. The van der Waals surface area contributed by atoms with Gasteiger partial charge in [-0.2, -0.15) is 0 Å². The Morgan fingerprint density at radius 2 is 2.00 bits per heavy atom. The number of rotatable bonds is 4. The lowest BCUT2D eigenvalue weighted by Gasteiger charge is -2.28. The van der Waals surface area contributed by atoms with E-state index in [2.05, 4.69) is 10.6 Å². The molecule has 1 aromatic carbocycles. The van der Waals surface area contributed by atoms with Crippen molar-refractivity contribution < 1.29 is 19.4 Å². The lowest BCUT2D eigenvalue weighted by Crippen LogP contribution is -2.45. The number of ether oxygens (including phenoxy) is 2. The number of anilines is 1. The minimum atomic E-state index is -0.447. The van der Waals surface area contributed by atoms with E-state index < -0.39 is 6.10 Å². The van der Waals surface area contributed by atoms with Crippen molar-refractivity contribution >= 4 is 24.0 Å². The second-order valence-electron chi connectivity index (χ2n) is 6.09. The summed E-state index contributed by atoms with van der Waals surface area (Å²) in [5.41, 5.74) is 0.709. The largest absolute Gasteiger partial charge is 0.488 e. The summed E-state index contributed by atoms with van der Waals surface area (Å²) < 4.78 is 11.3. The number of hydrogen-bond acceptors (Lipinski definition) is 5. The molecule has 0 radical (unpaired) electrons. The molecule has 1 aliphatic carbocycles. The summed E-state index contributed by atoms with van der Waals surface area (Å²) in [5.74, 6) is 0.568. The first-order valence-corrected chi connectivity index (χ1v) is 8.30. The molecule has 0 bridgehead atoms. The minimum absolute atomic E-state index is 0. The topological polar surface area (TPSA) is 79.8 Å². The van der Waals surface area contributed by atoms with Crippen LogP contribution >= 0.6 is 12.4 Å². The maximum atomic E-state index is 12.1. The standard InChI is InChI=1S/C17H24N2O4.ClH/c20-14-3-1-2-4-15(14)23-13-7-5-12(6-8-13)19-17(21)16-11-18-9-10-22-16;/h5-8,14-16,18,20H,1-4,9-11H2,(H,19,21);1H/t14?,15?,16-;/m0./s1. The van der Waals surface area contributed by atoms with Crippen LogP contribution in [0, 0.1) is 0 Å². The van der Waals surface area contributed by atoms with Gasteiger partial charge in [-0.3, -0.25) is 4.79 Å². The molecule has 1 heterocycles. The Balaban J connectivity index is 0.00000208. The minimum Gasteiger partial charge on any atom is -0.488 e. The van der Waals surface area contributed by atoms with E-state index in [1.54, 1.807) is 12.1 Å². The average molecular weight is 357 g/mol. The van der Waals surface area contributed by atoms with Crippen LogP contribution in [0.5, 0.6) is 5.75 Å². The molecule has 2 unspecified atom stereocenters. The number of aliphatic hydroxyl groups is 1. The highest BCUT2D eigenvalue weighted by atomic mass is 35.5. The van der Waals surface area contributed by atoms with E-state index in [9.17, 15) is 9.90 Å². The number of carbonyl (C=O) groups excluding carboxylic acids is 1. The molecule has 0 spiro atoms. The Hall–Kier alpha value is -1.34. The maximum absolute atomic E-state index is 12.1.